The summed E-state index contributed by atoms with van der Waals surface area (Å²) in [6.45, 7) is 11.3. The Bertz CT molecular complexity index is 419. The minimum absolute atomic E-state index is 0.308. The van der Waals surface area contributed by atoms with E-state index < -0.39 is 0 Å². The Morgan fingerprint density at radius 1 is 1.29 bits per heavy atom. The second-order valence-electron chi connectivity index (χ2n) is 5.25. The van der Waals surface area contributed by atoms with Crippen molar-refractivity contribution in [3.63, 3.8) is 0 Å². The first-order chi connectivity index (χ1) is 10.2. The van der Waals surface area contributed by atoms with Gasteiger partial charge in [-0.1, -0.05) is 11.8 Å². The largest absolute Gasteiger partial charge is 0.379 e. The Labute approximate surface area is 131 Å². The van der Waals surface area contributed by atoms with Gasteiger partial charge in [-0.05, 0) is 27.2 Å². The molecule has 120 valence electrons. The normalized spacial score (nSPS) is 15.9. The van der Waals surface area contributed by atoms with Gasteiger partial charge in [0, 0.05) is 32.0 Å². The van der Waals surface area contributed by atoms with E-state index in [1.54, 1.807) is 11.8 Å². The van der Waals surface area contributed by atoms with Gasteiger partial charge in [-0.15, -0.1) is 10.2 Å². The molecule has 0 saturated carbocycles. The van der Waals surface area contributed by atoms with Crippen molar-refractivity contribution in [1.82, 2.24) is 14.8 Å². The molecule has 1 fully saturated rings. The number of hydrogen-bond donors (Lipinski definition) is 0. The van der Waals surface area contributed by atoms with Crippen LogP contribution in [0, 0.1) is 0 Å². The Balaban J connectivity index is 1.86. The number of ether oxygens (including phenoxy) is 2. The molecule has 1 aromatic heterocycles. The lowest BCUT2D eigenvalue weighted by Gasteiger charge is -2.27. The van der Waals surface area contributed by atoms with Crippen molar-refractivity contribution < 1.29 is 9.47 Å². The number of hydrogen-bond acceptors (Lipinski definition) is 6. The van der Waals surface area contributed by atoms with E-state index in [1.165, 1.54) is 0 Å². The Morgan fingerprint density at radius 2 is 2.05 bits per heavy atom. The van der Waals surface area contributed by atoms with E-state index in [-0.39, 0.29) is 0 Å². The highest BCUT2D eigenvalue weighted by Gasteiger charge is 2.19. The van der Waals surface area contributed by atoms with Crippen LogP contribution in [0.5, 0.6) is 0 Å². The third-order valence-electron chi connectivity index (χ3n) is 3.28. The molecule has 6 nitrogen and oxygen atoms in total. The molecule has 2 rings (SSSR count). The van der Waals surface area contributed by atoms with E-state index in [0.717, 1.165) is 62.7 Å². The van der Waals surface area contributed by atoms with Gasteiger partial charge < -0.3 is 14.4 Å². The van der Waals surface area contributed by atoms with E-state index in [2.05, 4.69) is 40.4 Å². The highest BCUT2D eigenvalue weighted by Crippen LogP contribution is 2.23. The zero-order valence-corrected chi connectivity index (χ0v) is 14.1. The van der Waals surface area contributed by atoms with Crippen molar-refractivity contribution in [2.24, 2.45) is 0 Å². The highest BCUT2D eigenvalue weighted by atomic mass is 32.2. The quantitative estimate of drug-likeness (QED) is 0.541. The molecule has 0 unspecified atom stereocenters. The first-order valence-corrected chi connectivity index (χ1v) is 8.71. The fourth-order valence-electron chi connectivity index (χ4n) is 2.20. The number of nitrogens with zero attached hydrogens (tertiary/aromatic N) is 4. The molecule has 0 N–H and O–H groups in total. The van der Waals surface area contributed by atoms with E-state index in [1.807, 2.05) is 0 Å². The standard InChI is InChI=1S/C14H26N4O2S/c1-4-18-13(17-6-9-19-10-7-17)15-16-14(18)21-11-5-8-20-12(2)3/h12H,4-11H2,1-3H3. The van der Waals surface area contributed by atoms with Gasteiger partial charge in [0.1, 0.15) is 0 Å². The lowest BCUT2D eigenvalue weighted by Crippen LogP contribution is -2.38. The van der Waals surface area contributed by atoms with Crippen molar-refractivity contribution in [2.45, 2.75) is 45.0 Å². The van der Waals surface area contributed by atoms with Crippen LogP contribution in [0.1, 0.15) is 27.2 Å². The fraction of sp³-hybridized carbons (Fsp3) is 0.857. The predicted octanol–water partition coefficient (Wildman–Crippen LogP) is 2.04. The van der Waals surface area contributed by atoms with Crippen LogP contribution in [0.15, 0.2) is 5.16 Å². The van der Waals surface area contributed by atoms with Gasteiger partial charge in [-0.25, -0.2) is 0 Å². The van der Waals surface area contributed by atoms with Gasteiger partial charge in [0.15, 0.2) is 5.16 Å². The summed E-state index contributed by atoms with van der Waals surface area (Å²) in [5.74, 6) is 1.98. The second-order valence-corrected chi connectivity index (χ2v) is 6.31. The fourth-order valence-corrected chi connectivity index (χ4v) is 3.11. The Morgan fingerprint density at radius 3 is 2.71 bits per heavy atom. The summed E-state index contributed by atoms with van der Waals surface area (Å²) in [6, 6.07) is 0. The van der Waals surface area contributed by atoms with Crippen LogP contribution in [0.2, 0.25) is 0 Å². The van der Waals surface area contributed by atoms with Crippen molar-refractivity contribution in [1.29, 1.82) is 0 Å². The molecule has 0 aliphatic carbocycles. The molecule has 0 atom stereocenters. The molecular weight excluding hydrogens is 288 g/mol. The smallest absolute Gasteiger partial charge is 0.228 e. The number of aromatic nitrogens is 3. The summed E-state index contributed by atoms with van der Waals surface area (Å²) >= 11 is 1.76. The first-order valence-electron chi connectivity index (χ1n) is 7.72. The molecule has 7 heteroatoms. The summed E-state index contributed by atoms with van der Waals surface area (Å²) in [6.07, 6.45) is 1.34. The highest BCUT2D eigenvalue weighted by molar-refractivity contribution is 7.99. The molecule has 1 aromatic rings. The van der Waals surface area contributed by atoms with Gasteiger partial charge in [-0.2, -0.15) is 0 Å². The molecule has 2 heterocycles. The molecule has 1 saturated heterocycles. The third-order valence-corrected chi connectivity index (χ3v) is 4.33. The van der Waals surface area contributed by atoms with Crippen molar-refractivity contribution in [2.75, 3.05) is 43.6 Å². The van der Waals surface area contributed by atoms with Gasteiger partial charge >= 0.3 is 0 Å². The molecule has 0 amide bonds. The molecule has 0 aromatic carbocycles. The van der Waals surface area contributed by atoms with Gasteiger partial charge in [0.05, 0.1) is 19.3 Å². The van der Waals surface area contributed by atoms with Gasteiger partial charge in [0.25, 0.3) is 0 Å². The molecular formula is C14H26N4O2S. The van der Waals surface area contributed by atoms with E-state index in [9.17, 15) is 0 Å². The zero-order chi connectivity index (χ0) is 15.1. The van der Waals surface area contributed by atoms with Gasteiger partial charge in [0.2, 0.25) is 5.95 Å². The van der Waals surface area contributed by atoms with Crippen LogP contribution in [0.3, 0.4) is 0 Å². The zero-order valence-electron chi connectivity index (χ0n) is 13.2. The van der Waals surface area contributed by atoms with Crippen molar-refractivity contribution in [3.8, 4) is 0 Å². The van der Waals surface area contributed by atoms with Crippen molar-refractivity contribution >= 4 is 17.7 Å². The number of thioether (sulfide) groups is 1. The second kappa shape index (κ2) is 8.60. The van der Waals surface area contributed by atoms with Gasteiger partial charge in [-0.3, -0.25) is 4.57 Å². The van der Waals surface area contributed by atoms with E-state index in [4.69, 9.17) is 9.47 Å². The van der Waals surface area contributed by atoms with E-state index in [0.29, 0.717) is 6.10 Å². The predicted molar refractivity (Wildman–Crippen MR) is 85.2 cm³/mol. The molecule has 1 aliphatic heterocycles. The van der Waals surface area contributed by atoms with Crippen molar-refractivity contribution in [3.05, 3.63) is 0 Å². The van der Waals surface area contributed by atoms with Crippen LogP contribution in [0.25, 0.3) is 0 Å². The SMILES string of the molecule is CCn1c(SCCCOC(C)C)nnc1N1CCOCC1. The molecule has 21 heavy (non-hydrogen) atoms. The minimum Gasteiger partial charge on any atom is -0.379 e. The van der Waals surface area contributed by atoms with Crippen LogP contribution in [-0.4, -0.2) is 59.5 Å². The average molecular weight is 314 g/mol. The molecule has 1 aliphatic rings. The Hall–Kier alpha value is -0.790. The van der Waals surface area contributed by atoms with Crippen LogP contribution >= 0.6 is 11.8 Å². The van der Waals surface area contributed by atoms with Crippen LogP contribution in [-0.2, 0) is 16.0 Å². The topological polar surface area (TPSA) is 52.4 Å². The lowest BCUT2D eigenvalue weighted by molar-refractivity contribution is 0.0799. The monoisotopic (exact) mass is 314 g/mol. The maximum Gasteiger partial charge on any atom is 0.228 e. The summed E-state index contributed by atoms with van der Waals surface area (Å²) in [5.41, 5.74) is 0. The maximum absolute atomic E-state index is 5.56. The Kier molecular flexibility index (Phi) is 6.79. The number of morpholine rings is 1. The first kappa shape index (κ1) is 16.6. The minimum atomic E-state index is 0.308. The number of rotatable bonds is 8. The average Bonchev–Trinajstić information content (AvgIpc) is 2.90. The summed E-state index contributed by atoms with van der Waals surface area (Å²) < 4.78 is 13.1. The molecule has 0 radical (unpaired) electrons. The summed E-state index contributed by atoms with van der Waals surface area (Å²) in [5, 5.41) is 9.72. The molecule has 0 spiro atoms. The van der Waals surface area contributed by atoms with Crippen LogP contribution < -0.4 is 4.90 Å². The van der Waals surface area contributed by atoms with Crippen LogP contribution in [0.4, 0.5) is 5.95 Å². The maximum atomic E-state index is 5.56. The molecule has 0 bridgehead atoms. The summed E-state index contributed by atoms with van der Waals surface area (Å²) in [7, 11) is 0. The number of anilines is 1. The van der Waals surface area contributed by atoms with E-state index >= 15 is 0 Å². The lowest BCUT2D eigenvalue weighted by atomic mass is 10.4. The summed E-state index contributed by atoms with van der Waals surface area (Å²) in [4.78, 5) is 2.26. The third kappa shape index (κ3) is 4.86.